The lowest BCUT2D eigenvalue weighted by atomic mass is 10.0. The number of fused-ring (bicyclic) bond motifs is 1. The van der Waals surface area contributed by atoms with E-state index in [1.54, 1.807) is 11.0 Å². The molecule has 2 aliphatic rings. The molecule has 4 aromatic rings. The summed E-state index contributed by atoms with van der Waals surface area (Å²) in [7, 11) is -1.92. The Morgan fingerprint density at radius 1 is 1.12 bits per heavy atom. The third-order valence-corrected chi connectivity index (χ3v) is 9.15. The fourth-order valence-electron chi connectivity index (χ4n) is 6.07. The second kappa shape index (κ2) is 9.70. The number of rotatable bonds is 6. The number of ether oxygens (including phenoxy) is 1. The average molecular weight is 568 g/mol. The van der Waals surface area contributed by atoms with Crippen molar-refractivity contribution in [1.82, 2.24) is 19.0 Å². The first-order chi connectivity index (χ1) is 19.0. The number of sulfonamides is 1. The zero-order valence-electron chi connectivity index (χ0n) is 22.7. The van der Waals surface area contributed by atoms with Crippen LogP contribution in [0.3, 0.4) is 0 Å². The Kier molecular flexibility index (Phi) is 6.42. The molecule has 0 radical (unpaired) electrons. The van der Waals surface area contributed by atoms with Gasteiger partial charge in [-0.25, -0.2) is 22.1 Å². The number of nitrogens with zero attached hydrogens (tertiary/aromatic N) is 5. The fraction of sp³-hybridized carbons (Fsp3) is 0.393. The van der Waals surface area contributed by atoms with E-state index in [0.717, 1.165) is 22.3 Å². The summed E-state index contributed by atoms with van der Waals surface area (Å²) in [5, 5.41) is 4.08. The number of aromatic nitrogens is 3. The largest absolute Gasteiger partial charge is 0.497 e. The smallest absolute Gasteiger partial charge is 0.227 e. The van der Waals surface area contributed by atoms with Gasteiger partial charge in [-0.3, -0.25) is 4.79 Å². The standard InChI is InChI=1S/C28H30FN5O5S/c1-16-27(17(2)39-31-16)18-5-6-24-23(11-18)30-28(34(24)20-9-10-32(15-20)40(4,36)37)25-7-8-26(35)33(25)21-12-19(29)13-22(14-21)38-3/h5-6,11-14,20,25H,7-10,15H2,1-4H3/t20-,25?/m1/s1. The quantitative estimate of drug-likeness (QED) is 0.337. The van der Waals surface area contributed by atoms with Crippen LogP contribution < -0.4 is 9.64 Å². The number of halogens is 1. The summed E-state index contributed by atoms with van der Waals surface area (Å²) in [6.07, 6.45) is 2.58. The molecule has 2 aliphatic heterocycles. The number of hydrogen-bond donors (Lipinski definition) is 0. The zero-order chi connectivity index (χ0) is 28.3. The molecule has 40 heavy (non-hydrogen) atoms. The zero-order valence-corrected chi connectivity index (χ0v) is 23.5. The van der Waals surface area contributed by atoms with Crippen LogP contribution in [0.4, 0.5) is 10.1 Å². The predicted molar refractivity (Wildman–Crippen MR) is 147 cm³/mol. The maximum absolute atomic E-state index is 14.5. The van der Waals surface area contributed by atoms with Crippen molar-refractivity contribution >= 4 is 32.7 Å². The Morgan fingerprint density at radius 3 is 2.60 bits per heavy atom. The number of carbonyl (C=O) groups is 1. The molecule has 1 unspecified atom stereocenters. The summed E-state index contributed by atoms with van der Waals surface area (Å²) in [6, 6.07) is 9.50. The van der Waals surface area contributed by atoms with Gasteiger partial charge in [0, 0.05) is 37.2 Å². The maximum Gasteiger partial charge on any atom is 0.227 e. The highest BCUT2D eigenvalue weighted by atomic mass is 32.2. The van der Waals surface area contributed by atoms with Crippen LogP contribution >= 0.6 is 0 Å². The van der Waals surface area contributed by atoms with E-state index in [1.807, 2.05) is 32.0 Å². The third kappa shape index (κ3) is 4.44. The molecule has 6 rings (SSSR count). The second-order valence-corrected chi connectivity index (χ2v) is 12.5. The number of imidazole rings is 1. The van der Waals surface area contributed by atoms with Crippen LogP contribution in [0.15, 0.2) is 40.9 Å². The van der Waals surface area contributed by atoms with Crippen LogP contribution in [-0.4, -0.2) is 59.8 Å². The minimum absolute atomic E-state index is 0.142. The molecule has 2 aromatic carbocycles. The lowest BCUT2D eigenvalue weighted by Gasteiger charge is -2.27. The number of methoxy groups -OCH3 is 1. The number of aryl methyl sites for hydroxylation is 2. The van der Waals surface area contributed by atoms with Gasteiger partial charge >= 0.3 is 0 Å². The Morgan fingerprint density at radius 2 is 1.93 bits per heavy atom. The van der Waals surface area contributed by atoms with Gasteiger partial charge in [-0.2, -0.15) is 0 Å². The second-order valence-electron chi connectivity index (χ2n) is 10.5. The van der Waals surface area contributed by atoms with Crippen molar-refractivity contribution in [1.29, 1.82) is 0 Å². The maximum atomic E-state index is 14.5. The van der Waals surface area contributed by atoms with E-state index in [0.29, 0.717) is 54.5 Å². The summed E-state index contributed by atoms with van der Waals surface area (Å²) in [5.74, 6) is 0.997. The third-order valence-electron chi connectivity index (χ3n) is 7.88. The van der Waals surface area contributed by atoms with Gasteiger partial charge in [-0.15, -0.1) is 0 Å². The summed E-state index contributed by atoms with van der Waals surface area (Å²) in [4.78, 5) is 19.8. The van der Waals surface area contributed by atoms with E-state index in [4.69, 9.17) is 14.2 Å². The Balaban J connectivity index is 1.51. The van der Waals surface area contributed by atoms with Crippen molar-refractivity contribution < 1.29 is 26.9 Å². The molecule has 0 saturated carbocycles. The Labute approximate surface area is 231 Å². The van der Waals surface area contributed by atoms with Crippen molar-refractivity contribution in [3.05, 3.63) is 59.5 Å². The van der Waals surface area contributed by atoms with Crippen LogP contribution in [0, 0.1) is 19.7 Å². The molecule has 1 amide bonds. The van der Waals surface area contributed by atoms with E-state index in [-0.39, 0.29) is 18.4 Å². The molecule has 12 heteroatoms. The van der Waals surface area contributed by atoms with E-state index in [2.05, 4.69) is 9.72 Å². The molecular formula is C28H30FN5O5S. The highest BCUT2D eigenvalue weighted by Crippen LogP contribution is 2.42. The van der Waals surface area contributed by atoms with Crippen LogP contribution in [0.25, 0.3) is 22.2 Å². The number of carbonyl (C=O) groups excluding carboxylic acids is 1. The number of benzene rings is 2. The summed E-state index contributed by atoms with van der Waals surface area (Å²) < 4.78 is 53.4. The Bertz CT molecular complexity index is 1730. The van der Waals surface area contributed by atoms with Crippen molar-refractivity contribution in [2.75, 3.05) is 31.4 Å². The summed E-state index contributed by atoms with van der Waals surface area (Å²) >= 11 is 0. The molecule has 0 spiro atoms. The SMILES string of the molecule is COc1cc(F)cc(N2C(=O)CCC2c2nc3cc(-c4c(C)noc4C)ccc3n2[C@@H]2CCN(S(C)(=O)=O)C2)c1. The molecular weight excluding hydrogens is 537 g/mol. The average Bonchev–Trinajstić information content (AvgIpc) is 3.67. The van der Waals surface area contributed by atoms with E-state index < -0.39 is 21.9 Å². The molecule has 4 heterocycles. The van der Waals surface area contributed by atoms with Gasteiger partial charge in [0.15, 0.2) is 0 Å². The van der Waals surface area contributed by atoms with Crippen molar-refractivity contribution in [2.45, 2.75) is 45.2 Å². The molecule has 2 atom stereocenters. The predicted octanol–water partition coefficient (Wildman–Crippen LogP) is 4.53. The first-order valence-corrected chi connectivity index (χ1v) is 15.0. The first-order valence-electron chi connectivity index (χ1n) is 13.1. The van der Waals surface area contributed by atoms with E-state index >= 15 is 0 Å². The van der Waals surface area contributed by atoms with Crippen molar-refractivity contribution in [3.63, 3.8) is 0 Å². The molecule has 0 N–H and O–H groups in total. The molecule has 0 bridgehead atoms. The summed E-state index contributed by atoms with van der Waals surface area (Å²) in [5.41, 5.74) is 4.50. The van der Waals surface area contributed by atoms with Gasteiger partial charge in [-0.1, -0.05) is 11.2 Å². The molecule has 2 aromatic heterocycles. The van der Waals surface area contributed by atoms with Gasteiger partial charge < -0.3 is 18.7 Å². The van der Waals surface area contributed by atoms with E-state index in [9.17, 15) is 17.6 Å². The highest BCUT2D eigenvalue weighted by molar-refractivity contribution is 7.88. The fourth-order valence-corrected chi connectivity index (χ4v) is 6.95. The lowest BCUT2D eigenvalue weighted by molar-refractivity contribution is -0.117. The number of amides is 1. The molecule has 210 valence electrons. The topological polar surface area (TPSA) is 111 Å². The van der Waals surface area contributed by atoms with Crippen molar-refractivity contribution in [3.8, 4) is 16.9 Å². The molecule has 10 nitrogen and oxygen atoms in total. The van der Waals surface area contributed by atoms with Crippen LogP contribution in [0.5, 0.6) is 5.75 Å². The first kappa shape index (κ1) is 26.5. The lowest BCUT2D eigenvalue weighted by Crippen LogP contribution is -2.31. The molecule has 0 aliphatic carbocycles. The van der Waals surface area contributed by atoms with Crippen LogP contribution in [0.1, 0.15) is 48.6 Å². The normalized spacial score (nSPS) is 20.2. The van der Waals surface area contributed by atoms with Gasteiger partial charge in [0.2, 0.25) is 15.9 Å². The Hall–Kier alpha value is -3.77. The van der Waals surface area contributed by atoms with Gasteiger partial charge in [0.25, 0.3) is 0 Å². The van der Waals surface area contributed by atoms with Crippen LogP contribution in [-0.2, 0) is 14.8 Å². The van der Waals surface area contributed by atoms with E-state index in [1.165, 1.54) is 29.8 Å². The number of hydrogen-bond acceptors (Lipinski definition) is 7. The van der Waals surface area contributed by atoms with Gasteiger partial charge in [0.05, 0.1) is 47.9 Å². The van der Waals surface area contributed by atoms with Crippen molar-refractivity contribution in [2.24, 2.45) is 0 Å². The minimum Gasteiger partial charge on any atom is -0.497 e. The highest BCUT2D eigenvalue weighted by Gasteiger charge is 2.40. The molecule has 2 fully saturated rings. The molecule has 2 saturated heterocycles. The monoisotopic (exact) mass is 567 g/mol. The minimum atomic E-state index is -3.37. The van der Waals surface area contributed by atoms with Gasteiger partial charge in [-0.05, 0) is 50.5 Å². The summed E-state index contributed by atoms with van der Waals surface area (Å²) in [6.45, 7) is 4.44. The van der Waals surface area contributed by atoms with Crippen LogP contribution in [0.2, 0.25) is 0 Å². The number of anilines is 1. The van der Waals surface area contributed by atoms with Gasteiger partial charge in [0.1, 0.15) is 23.2 Å².